The molecule has 2 rings (SSSR count). The first-order valence-electron chi connectivity index (χ1n) is 8.28. The summed E-state index contributed by atoms with van der Waals surface area (Å²) in [6, 6.07) is 6.02. The molecular formula is C17H24FN7O. The van der Waals surface area contributed by atoms with E-state index < -0.39 is 0 Å². The van der Waals surface area contributed by atoms with Crippen LogP contribution in [0, 0.1) is 5.82 Å². The van der Waals surface area contributed by atoms with Crippen molar-refractivity contribution in [2.45, 2.75) is 20.0 Å². The number of rotatable bonds is 8. The van der Waals surface area contributed by atoms with Gasteiger partial charge in [-0.2, -0.15) is 15.0 Å². The zero-order chi connectivity index (χ0) is 19.1. The molecule has 0 saturated carbocycles. The first-order valence-corrected chi connectivity index (χ1v) is 8.28. The maximum Gasteiger partial charge on any atom is 0.234 e. The van der Waals surface area contributed by atoms with Gasteiger partial charge in [-0.15, -0.1) is 0 Å². The molecule has 8 nitrogen and oxygen atoms in total. The Morgan fingerprint density at radius 2 is 1.88 bits per heavy atom. The Kier molecular flexibility index (Phi) is 6.79. The van der Waals surface area contributed by atoms with Gasteiger partial charge >= 0.3 is 0 Å². The van der Waals surface area contributed by atoms with Gasteiger partial charge in [0.05, 0.1) is 13.1 Å². The second kappa shape index (κ2) is 9.04. The summed E-state index contributed by atoms with van der Waals surface area (Å²) in [5.74, 6) is 0.700. The van der Waals surface area contributed by atoms with Crippen LogP contribution in [0.25, 0.3) is 0 Å². The molecule has 0 aliphatic heterocycles. The van der Waals surface area contributed by atoms with Crippen molar-refractivity contribution in [1.82, 2.24) is 25.2 Å². The highest BCUT2D eigenvalue weighted by Gasteiger charge is 2.13. The molecule has 2 aromatic rings. The molecule has 140 valence electrons. The maximum atomic E-state index is 12.9. The Bertz CT molecular complexity index is 736. The van der Waals surface area contributed by atoms with Crippen molar-refractivity contribution in [3.8, 4) is 0 Å². The number of hydrogen-bond donors (Lipinski definition) is 2. The first kappa shape index (κ1) is 19.5. The number of benzene rings is 1. The number of likely N-dealkylation sites (N-methyl/N-ethyl adjacent to an activating group) is 1. The number of halogens is 1. The smallest absolute Gasteiger partial charge is 0.234 e. The van der Waals surface area contributed by atoms with E-state index in [4.69, 9.17) is 5.73 Å². The third-order valence-electron chi connectivity index (χ3n) is 3.67. The van der Waals surface area contributed by atoms with E-state index in [9.17, 15) is 9.18 Å². The summed E-state index contributed by atoms with van der Waals surface area (Å²) in [6.07, 6.45) is 0. The summed E-state index contributed by atoms with van der Waals surface area (Å²) >= 11 is 0. The molecule has 3 N–H and O–H groups in total. The molecule has 0 unspecified atom stereocenters. The number of anilines is 2. The predicted octanol–water partition coefficient (Wildman–Crippen LogP) is 0.797. The average molecular weight is 361 g/mol. The number of nitrogens with one attached hydrogen (secondary N) is 1. The molecule has 9 heteroatoms. The highest BCUT2D eigenvalue weighted by atomic mass is 19.1. The molecule has 26 heavy (non-hydrogen) atoms. The Morgan fingerprint density at radius 3 is 2.50 bits per heavy atom. The molecule has 0 aliphatic rings. The number of nitrogens with two attached hydrogens (primary N) is 1. The van der Waals surface area contributed by atoms with Crippen LogP contribution in [0.3, 0.4) is 0 Å². The molecule has 0 spiro atoms. The fourth-order valence-corrected chi connectivity index (χ4v) is 2.24. The molecular weight excluding hydrogens is 337 g/mol. The third-order valence-corrected chi connectivity index (χ3v) is 3.67. The van der Waals surface area contributed by atoms with Crippen molar-refractivity contribution in [1.29, 1.82) is 0 Å². The number of nitrogen functional groups attached to an aromatic ring is 1. The van der Waals surface area contributed by atoms with E-state index in [0.29, 0.717) is 31.4 Å². The highest BCUT2D eigenvalue weighted by Crippen LogP contribution is 2.08. The van der Waals surface area contributed by atoms with Crippen LogP contribution in [0.15, 0.2) is 24.3 Å². The minimum Gasteiger partial charge on any atom is -0.368 e. The second-order valence-corrected chi connectivity index (χ2v) is 6.01. The Balaban J connectivity index is 1.92. The lowest BCUT2D eigenvalue weighted by Gasteiger charge is -2.20. The van der Waals surface area contributed by atoms with E-state index in [1.165, 1.54) is 12.1 Å². The molecule has 1 amide bonds. The Morgan fingerprint density at radius 1 is 1.19 bits per heavy atom. The lowest BCUT2D eigenvalue weighted by atomic mass is 10.2. The van der Waals surface area contributed by atoms with Crippen LogP contribution in [0.2, 0.25) is 0 Å². The molecule has 0 atom stereocenters. The Hall–Kier alpha value is -2.81. The Labute approximate surface area is 152 Å². The predicted molar refractivity (Wildman–Crippen MR) is 97.8 cm³/mol. The van der Waals surface area contributed by atoms with Crippen molar-refractivity contribution in [3.63, 3.8) is 0 Å². The first-order chi connectivity index (χ1) is 12.4. The molecule has 1 aromatic heterocycles. The largest absolute Gasteiger partial charge is 0.368 e. The van der Waals surface area contributed by atoms with E-state index in [-0.39, 0.29) is 24.2 Å². The molecule has 0 fully saturated rings. The number of carbonyl (C=O) groups excluding carboxylic acids is 1. The van der Waals surface area contributed by atoms with Crippen molar-refractivity contribution >= 4 is 17.8 Å². The van der Waals surface area contributed by atoms with E-state index in [1.807, 2.05) is 25.9 Å². The summed E-state index contributed by atoms with van der Waals surface area (Å²) in [4.78, 5) is 28.3. The van der Waals surface area contributed by atoms with Crippen molar-refractivity contribution in [2.24, 2.45) is 0 Å². The molecule has 1 heterocycles. The summed E-state index contributed by atoms with van der Waals surface area (Å²) in [6.45, 7) is 3.52. The number of aromatic nitrogens is 3. The zero-order valence-corrected chi connectivity index (χ0v) is 15.2. The minimum absolute atomic E-state index is 0.133. The van der Waals surface area contributed by atoms with Gasteiger partial charge in [-0.25, -0.2) is 4.39 Å². The van der Waals surface area contributed by atoms with E-state index in [0.717, 1.165) is 5.56 Å². The minimum atomic E-state index is -0.300. The van der Waals surface area contributed by atoms with Gasteiger partial charge in [0.1, 0.15) is 11.6 Å². The number of nitrogens with zero attached hydrogens (tertiary/aromatic N) is 5. The summed E-state index contributed by atoms with van der Waals surface area (Å²) in [5, 5.41) is 2.82. The van der Waals surface area contributed by atoms with Gasteiger partial charge in [-0.1, -0.05) is 19.1 Å². The quantitative estimate of drug-likeness (QED) is 0.717. The van der Waals surface area contributed by atoms with Crippen molar-refractivity contribution in [3.05, 3.63) is 41.5 Å². The van der Waals surface area contributed by atoms with Crippen molar-refractivity contribution in [2.75, 3.05) is 37.8 Å². The van der Waals surface area contributed by atoms with Crippen LogP contribution in [0.5, 0.6) is 0 Å². The maximum absolute atomic E-state index is 12.9. The second-order valence-electron chi connectivity index (χ2n) is 6.01. The topological polar surface area (TPSA) is 100 Å². The lowest BCUT2D eigenvalue weighted by Crippen LogP contribution is -2.37. The van der Waals surface area contributed by atoms with E-state index in [2.05, 4.69) is 20.3 Å². The van der Waals surface area contributed by atoms with Gasteiger partial charge in [0, 0.05) is 20.6 Å². The standard InChI is InChI=1S/C17H24FN7O/c1-4-25(10-14-21-16(19)23-17(22-14)24(2)3)11-15(26)20-9-12-5-7-13(18)8-6-12/h5-8H,4,9-11H2,1-3H3,(H,20,26)(H2,19,21,22,23). The fraction of sp³-hybridized carbons (Fsp3) is 0.412. The lowest BCUT2D eigenvalue weighted by molar-refractivity contribution is -0.122. The van der Waals surface area contributed by atoms with Gasteiger partial charge in [0.2, 0.25) is 17.8 Å². The van der Waals surface area contributed by atoms with Gasteiger partial charge < -0.3 is 16.0 Å². The van der Waals surface area contributed by atoms with Gasteiger partial charge in [-0.05, 0) is 24.2 Å². The summed E-state index contributed by atoms with van der Waals surface area (Å²) in [5.41, 5.74) is 6.56. The summed E-state index contributed by atoms with van der Waals surface area (Å²) in [7, 11) is 3.64. The third kappa shape index (κ3) is 5.92. The number of hydrogen-bond acceptors (Lipinski definition) is 7. The van der Waals surface area contributed by atoms with E-state index in [1.54, 1.807) is 17.0 Å². The molecule has 0 aliphatic carbocycles. The number of amides is 1. The van der Waals surface area contributed by atoms with Gasteiger partial charge in [-0.3, -0.25) is 9.69 Å². The average Bonchev–Trinajstić information content (AvgIpc) is 2.60. The van der Waals surface area contributed by atoms with Crippen LogP contribution in [-0.4, -0.2) is 52.9 Å². The number of carbonyl (C=O) groups is 1. The molecule has 0 saturated heterocycles. The zero-order valence-electron chi connectivity index (χ0n) is 15.2. The van der Waals surface area contributed by atoms with Crippen LogP contribution < -0.4 is 16.0 Å². The monoisotopic (exact) mass is 361 g/mol. The molecule has 1 aromatic carbocycles. The normalized spacial score (nSPS) is 10.8. The van der Waals surface area contributed by atoms with Crippen LogP contribution >= 0.6 is 0 Å². The van der Waals surface area contributed by atoms with Crippen LogP contribution in [0.4, 0.5) is 16.3 Å². The fourth-order valence-electron chi connectivity index (χ4n) is 2.24. The van der Waals surface area contributed by atoms with Gasteiger partial charge in [0.25, 0.3) is 0 Å². The summed E-state index contributed by atoms with van der Waals surface area (Å²) < 4.78 is 12.9. The molecule has 0 bridgehead atoms. The molecule has 0 radical (unpaired) electrons. The van der Waals surface area contributed by atoms with Crippen molar-refractivity contribution < 1.29 is 9.18 Å². The van der Waals surface area contributed by atoms with E-state index >= 15 is 0 Å². The van der Waals surface area contributed by atoms with Gasteiger partial charge in [0.15, 0.2) is 0 Å². The highest BCUT2D eigenvalue weighted by molar-refractivity contribution is 5.78. The van der Waals surface area contributed by atoms with Crippen LogP contribution in [0.1, 0.15) is 18.3 Å². The SMILES string of the molecule is CCN(CC(=O)NCc1ccc(F)cc1)Cc1nc(N)nc(N(C)C)n1. The van der Waals surface area contributed by atoms with Crippen LogP contribution in [-0.2, 0) is 17.9 Å².